The van der Waals surface area contributed by atoms with E-state index in [0.29, 0.717) is 37.7 Å². The van der Waals surface area contributed by atoms with Crippen molar-refractivity contribution in [2.24, 2.45) is 5.92 Å². The molecule has 0 aliphatic carbocycles. The van der Waals surface area contributed by atoms with E-state index in [0.717, 1.165) is 12.8 Å². The van der Waals surface area contributed by atoms with Gasteiger partial charge in [0.05, 0.1) is 13.2 Å². The average Bonchev–Trinajstić information content (AvgIpc) is 2.74. The normalized spacial score (nSPS) is 23.6. The van der Waals surface area contributed by atoms with E-state index in [1.807, 2.05) is 6.92 Å². The third-order valence-corrected chi connectivity index (χ3v) is 2.81. The highest BCUT2D eigenvalue weighted by molar-refractivity contribution is 5.87. The molecule has 0 saturated carbocycles. The summed E-state index contributed by atoms with van der Waals surface area (Å²) < 4.78 is 15.8. The molecular formula is C13H22O4. The lowest BCUT2D eigenvalue weighted by atomic mass is 9.99. The first-order valence-electron chi connectivity index (χ1n) is 6.25. The molecular weight excluding hydrogens is 220 g/mol. The molecule has 0 radical (unpaired) electrons. The van der Waals surface area contributed by atoms with E-state index in [4.69, 9.17) is 14.2 Å². The highest BCUT2D eigenvalue weighted by Gasteiger charge is 2.25. The van der Waals surface area contributed by atoms with Crippen LogP contribution in [0.4, 0.5) is 0 Å². The Hall–Kier alpha value is -0.870. The van der Waals surface area contributed by atoms with Gasteiger partial charge in [-0.2, -0.15) is 0 Å². The number of carbonyl (C=O) groups excluding carboxylic acids is 1. The van der Waals surface area contributed by atoms with E-state index in [2.05, 4.69) is 6.58 Å². The van der Waals surface area contributed by atoms with Gasteiger partial charge in [-0.3, -0.25) is 0 Å². The molecule has 0 aromatic carbocycles. The highest BCUT2D eigenvalue weighted by Crippen LogP contribution is 2.25. The van der Waals surface area contributed by atoms with E-state index in [9.17, 15) is 4.79 Å². The second-order valence-electron chi connectivity index (χ2n) is 4.18. The van der Waals surface area contributed by atoms with Gasteiger partial charge in [0.1, 0.15) is 0 Å². The largest absolute Gasteiger partial charge is 0.463 e. The van der Waals surface area contributed by atoms with Crippen LogP contribution in [0, 0.1) is 5.92 Å². The summed E-state index contributed by atoms with van der Waals surface area (Å²) in [6.07, 6.45) is 2.41. The molecule has 2 atom stereocenters. The molecule has 4 heteroatoms. The molecule has 1 rings (SSSR count). The zero-order valence-corrected chi connectivity index (χ0v) is 10.7. The number of hydrogen-bond donors (Lipinski definition) is 0. The van der Waals surface area contributed by atoms with Crippen LogP contribution in [0.25, 0.3) is 0 Å². The van der Waals surface area contributed by atoms with Crippen LogP contribution in [0.15, 0.2) is 12.2 Å². The third kappa shape index (κ3) is 4.88. The van der Waals surface area contributed by atoms with Gasteiger partial charge in [0.2, 0.25) is 0 Å². The first-order valence-corrected chi connectivity index (χ1v) is 6.25. The van der Waals surface area contributed by atoms with Crippen molar-refractivity contribution >= 4 is 5.97 Å². The molecule has 0 bridgehead atoms. The van der Waals surface area contributed by atoms with Crippen LogP contribution in [0.1, 0.15) is 33.1 Å². The topological polar surface area (TPSA) is 44.8 Å². The Kier molecular flexibility index (Phi) is 6.22. The standard InChI is InChI=1S/C13H22O4/c1-4-15-12-8-11(9-17-12)7-6-10(3)13(14)16-5-2/h11-12H,3-9H2,1-2H3/t11-,12+/m1/s1. The maximum atomic E-state index is 11.3. The van der Waals surface area contributed by atoms with Crippen molar-refractivity contribution in [3.05, 3.63) is 12.2 Å². The lowest BCUT2D eigenvalue weighted by Gasteiger charge is -2.09. The van der Waals surface area contributed by atoms with Gasteiger partial charge in [-0.1, -0.05) is 6.58 Å². The zero-order valence-electron chi connectivity index (χ0n) is 10.7. The molecule has 1 fully saturated rings. The molecule has 0 aromatic heterocycles. The number of esters is 1. The monoisotopic (exact) mass is 242 g/mol. The Bertz CT molecular complexity index is 262. The molecule has 1 saturated heterocycles. The first kappa shape index (κ1) is 14.2. The van der Waals surface area contributed by atoms with Crippen LogP contribution in [0.3, 0.4) is 0 Å². The third-order valence-electron chi connectivity index (χ3n) is 2.81. The Balaban J connectivity index is 2.19. The smallest absolute Gasteiger partial charge is 0.333 e. The predicted octanol–water partition coefficient (Wildman–Crippen LogP) is 2.29. The fraction of sp³-hybridized carbons (Fsp3) is 0.769. The Morgan fingerprint density at radius 3 is 2.82 bits per heavy atom. The van der Waals surface area contributed by atoms with Crippen LogP contribution in [0.5, 0.6) is 0 Å². The quantitative estimate of drug-likeness (QED) is 0.507. The molecule has 1 heterocycles. The number of ether oxygens (including phenoxy) is 3. The fourth-order valence-electron chi connectivity index (χ4n) is 1.87. The summed E-state index contributed by atoms with van der Waals surface area (Å²) >= 11 is 0. The molecule has 0 spiro atoms. The van der Waals surface area contributed by atoms with Gasteiger partial charge in [0.15, 0.2) is 6.29 Å². The van der Waals surface area contributed by atoms with Gasteiger partial charge in [-0.25, -0.2) is 4.79 Å². The maximum absolute atomic E-state index is 11.3. The summed E-state index contributed by atoms with van der Waals surface area (Å²) in [6, 6.07) is 0. The minimum atomic E-state index is -0.284. The molecule has 98 valence electrons. The van der Waals surface area contributed by atoms with Gasteiger partial charge in [-0.05, 0) is 32.6 Å². The van der Waals surface area contributed by atoms with Crippen molar-refractivity contribution in [2.75, 3.05) is 19.8 Å². The number of hydrogen-bond acceptors (Lipinski definition) is 4. The molecule has 17 heavy (non-hydrogen) atoms. The summed E-state index contributed by atoms with van der Waals surface area (Å²) in [5.41, 5.74) is 0.548. The second-order valence-corrected chi connectivity index (χ2v) is 4.18. The van der Waals surface area contributed by atoms with Crippen LogP contribution in [0.2, 0.25) is 0 Å². The van der Waals surface area contributed by atoms with E-state index in [1.54, 1.807) is 6.92 Å². The van der Waals surface area contributed by atoms with Gasteiger partial charge in [0, 0.05) is 18.6 Å². The highest BCUT2D eigenvalue weighted by atomic mass is 16.7. The number of carbonyl (C=O) groups is 1. The molecule has 0 unspecified atom stereocenters. The van der Waals surface area contributed by atoms with Crippen molar-refractivity contribution in [3.8, 4) is 0 Å². The summed E-state index contributed by atoms with van der Waals surface area (Å²) in [5, 5.41) is 0. The van der Waals surface area contributed by atoms with Gasteiger partial charge in [-0.15, -0.1) is 0 Å². The van der Waals surface area contributed by atoms with Gasteiger partial charge >= 0.3 is 5.97 Å². The molecule has 0 amide bonds. The Morgan fingerprint density at radius 1 is 1.41 bits per heavy atom. The van der Waals surface area contributed by atoms with E-state index < -0.39 is 0 Å². The lowest BCUT2D eigenvalue weighted by molar-refractivity contribution is -0.138. The van der Waals surface area contributed by atoms with Crippen molar-refractivity contribution in [1.29, 1.82) is 0 Å². The molecule has 0 aromatic rings. The molecule has 4 nitrogen and oxygen atoms in total. The summed E-state index contributed by atoms with van der Waals surface area (Å²) in [6.45, 7) is 9.28. The van der Waals surface area contributed by atoms with Crippen molar-refractivity contribution < 1.29 is 19.0 Å². The van der Waals surface area contributed by atoms with E-state index in [1.165, 1.54) is 0 Å². The fourth-order valence-corrected chi connectivity index (χ4v) is 1.87. The van der Waals surface area contributed by atoms with Crippen LogP contribution >= 0.6 is 0 Å². The van der Waals surface area contributed by atoms with Crippen LogP contribution in [-0.4, -0.2) is 32.1 Å². The summed E-state index contributed by atoms with van der Waals surface area (Å²) in [7, 11) is 0. The Labute approximate surface area is 103 Å². The summed E-state index contributed by atoms with van der Waals surface area (Å²) in [4.78, 5) is 11.3. The predicted molar refractivity (Wildman–Crippen MR) is 64.5 cm³/mol. The van der Waals surface area contributed by atoms with Gasteiger partial charge in [0.25, 0.3) is 0 Å². The zero-order chi connectivity index (χ0) is 12.7. The van der Waals surface area contributed by atoms with Crippen molar-refractivity contribution in [1.82, 2.24) is 0 Å². The molecule has 1 aliphatic heterocycles. The van der Waals surface area contributed by atoms with Crippen LogP contribution in [-0.2, 0) is 19.0 Å². The van der Waals surface area contributed by atoms with Gasteiger partial charge < -0.3 is 14.2 Å². The Morgan fingerprint density at radius 2 is 2.18 bits per heavy atom. The minimum Gasteiger partial charge on any atom is -0.463 e. The maximum Gasteiger partial charge on any atom is 0.333 e. The van der Waals surface area contributed by atoms with Crippen molar-refractivity contribution in [3.63, 3.8) is 0 Å². The average molecular weight is 242 g/mol. The van der Waals surface area contributed by atoms with Crippen LogP contribution < -0.4 is 0 Å². The summed E-state index contributed by atoms with van der Waals surface area (Å²) in [5.74, 6) is 0.172. The van der Waals surface area contributed by atoms with E-state index >= 15 is 0 Å². The van der Waals surface area contributed by atoms with Crippen molar-refractivity contribution in [2.45, 2.75) is 39.4 Å². The lowest BCUT2D eigenvalue weighted by Crippen LogP contribution is -2.10. The first-order chi connectivity index (χ1) is 8.17. The SMILES string of the molecule is C=C(CC[C@H]1CO[C@H](OCC)C1)C(=O)OCC. The molecule has 1 aliphatic rings. The molecule has 0 N–H and O–H groups in total. The number of rotatable bonds is 7. The minimum absolute atomic E-state index is 0.0686. The van der Waals surface area contributed by atoms with E-state index in [-0.39, 0.29) is 12.3 Å². The second kappa shape index (κ2) is 7.45.